The molecule has 0 aliphatic carbocycles. The van der Waals surface area contributed by atoms with Gasteiger partial charge < -0.3 is 15.1 Å². The van der Waals surface area contributed by atoms with Gasteiger partial charge in [-0.15, -0.1) is 35.3 Å². The highest BCUT2D eigenvalue weighted by Crippen LogP contribution is 2.25. The fourth-order valence-electron chi connectivity index (χ4n) is 3.42. The molecule has 8 heteroatoms. The molecule has 0 aromatic carbocycles. The maximum atomic E-state index is 5.69. The van der Waals surface area contributed by atoms with Gasteiger partial charge >= 0.3 is 0 Å². The topological polar surface area (TPSA) is 65.7 Å². The summed E-state index contributed by atoms with van der Waals surface area (Å²) in [5.74, 6) is 1.84. The summed E-state index contributed by atoms with van der Waals surface area (Å²) in [5.41, 5.74) is 1.28. The van der Waals surface area contributed by atoms with E-state index >= 15 is 0 Å². The summed E-state index contributed by atoms with van der Waals surface area (Å²) in [6.07, 6.45) is 5.17. The fraction of sp³-hybridized carbons (Fsp3) is 0.619. The zero-order chi connectivity index (χ0) is 20.0. The number of thiazole rings is 1. The number of nitrogens with zero attached hydrogens (tertiary/aromatic N) is 3. The van der Waals surface area contributed by atoms with Crippen LogP contribution >= 0.6 is 35.3 Å². The van der Waals surface area contributed by atoms with Gasteiger partial charge in [-0.3, -0.25) is 9.89 Å². The van der Waals surface area contributed by atoms with Gasteiger partial charge in [0.15, 0.2) is 5.96 Å². The Labute approximate surface area is 195 Å². The number of furan rings is 1. The SMILES string of the molecule is CN=C(NCCc1nc(C(C)(C)C)cs1)NCC(c1ccco1)N1CCCC1.I. The first-order chi connectivity index (χ1) is 13.5. The summed E-state index contributed by atoms with van der Waals surface area (Å²) in [6, 6.07) is 4.27. The Balaban J connectivity index is 0.00000300. The molecule has 6 nitrogen and oxygen atoms in total. The molecule has 1 fully saturated rings. The van der Waals surface area contributed by atoms with Crippen molar-refractivity contribution in [2.45, 2.75) is 51.5 Å². The number of aliphatic imine (C=N–C) groups is 1. The van der Waals surface area contributed by atoms with E-state index in [9.17, 15) is 0 Å². The van der Waals surface area contributed by atoms with Gasteiger partial charge in [0.2, 0.25) is 0 Å². The molecule has 162 valence electrons. The van der Waals surface area contributed by atoms with Crippen molar-refractivity contribution >= 4 is 41.3 Å². The van der Waals surface area contributed by atoms with Crippen LogP contribution in [0.1, 0.15) is 56.1 Å². The molecule has 29 heavy (non-hydrogen) atoms. The first kappa shape index (κ1) is 24.1. The molecule has 1 atom stereocenters. The highest BCUT2D eigenvalue weighted by atomic mass is 127. The molecule has 3 rings (SSSR count). The zero-order valence-electron chi connectivity index (χ0n) is 17.9. The zero-order valence-corrected chi connectivity index (χ0v) is 21.0. The van der Waals surface area contributed by atoms with Crippen LogP contribution in [0.3, 0.4) is 0 Å². The van der Waals surface area contributed by atoms with Crippen LogP contribution in [-0.4, -0.2) is 49.1 Å². The van der Waals surface area contributed by atoms with E-state index in [2.05, 4.69) is 52.7 Å². The summed E-state index contributed by atoms with van der Waals surface area (Å²) in [6.45, 7) is 10.4. The van der Waals surface area contributed by atoms with Crippen molar-refractivity contribution < 1.29 is 4.42 Å². The van der Waals surface area contributed by atoms with Crippen molar-refractivity contribution in [2.24, 2.45) is 4.99 Å². The van der Waals surface area contributed by atoms with Gasteiger partial charge in [-0.25, -0.2) is 4.98 Å². The van der Waals surface area contributed by atoms with Crippen LogP contribution in [0.2, 0.25) is 0 Å². The van der Waals surface area contributed by atoms with Crippen molar-refractivity contribution in [2.75, 3.05) is 33.2 Å². The van der Waals surface area contributed by atoms with Gasteiger partial charge in [0.1, 0.15) is 5.76 Å². The van der Waals surface area contributed by atoms with Gasteiger partial charge in [-0.05, 0) is 38.1 Å². The van der Waals surface area contributed by atoms with E-state index in [1.807, 2.05) is 13.1 Å². The molecule has 3 heterocycles. The third-order valence-corrected chi connectivity index (χ3v) is 6.00. The normalized spacial score (nSPS) is 16.5. The largest absolute Gasteiger partial charge is 0.468 e. The number of hydrogen-bond acceptors (Lipinski definition) is 5. The first-order valence-electron chi connectivity index (χ1n) is 10.1. The second-order valence-electron chi connectivity index (χ2n) is 8.28. The van der Waals surface area contributed by atoms with Crippen LogP contribution in [0, 0.1) is 0 Å². The minimum absolute atomic E-state index is 0. The molecule has 2 aromatic heterocycles. The van der Waals surface area contributed by atoms with Crippen molar-refractivity contribution in [3.63, 3.8) is 0 Å². The first-order valence-corrected chi connectivity index (χ1v) is 11.0. The lowest BCUT2D eigenvalue weighted by atomic mass is 9.93. The van der Waals surface area contributed by atoms with Gasteiger partial charge in [-0.1, -0.05) is 20.8 Å². The second kappa shape index (κ2) is 11.3. The maximum absolute atomic E-state index is 5.69. The lowest BCUT2D eigenvalue weighted by molar-refractivity contribution is 0.215. The molecule has 1 aliphatic heterocycles. The van der Waals surface area contributed by atoms with E-state index in [0.29, 0.717) is 0 Å². The fourth-order valence-corrected chi connectivity index (χ4v) is 4.44. The third-order valence-electron chi connectivity index (χ3n) is 5.09. The van der Waals surface area contributed by atoms with Crippen LogP contribution in [0.15, 0.2) is 33.2 Å². The van der Waals surface area contributed by atoms with Gasteiger partial charge in [0.05, 0.1) is 23.0 Å². The number of nitrogens with one attached hydrogen (secondary N) is 2. The highest BCUT2D eigenvalue weighted by molar-refractivity contribution is 14.0. The Morgan fingerprint density at radius 1 is 1.31 bits per heavy atom. The van der Waals surface area contributed by atoms with Crippen LogP contribution in [-0.2, 0) is 11.8 Å². The number of aromatic nitrogens is 1. The average molecular weight is 532 g/mol. The molecular weight excluding hydrogens is 497 g/mol. The smallest absolute Gasteiger partial charge is 0.191 e. The minimum Gasteiger partial charge on any atom is -0.468 e. The minimum atomic E-state index is 0. The van der Waals surface area contributed by atoms with Crippen molar-refractivity contribution in [3.8, 4) is 0 Å². The third kappa shape index (κ3) is 6.96. The molecule has 2 N–H and O–H groups in total. The van der Waals surface area contributed by atoms with Crippen molar-refractivity contribution in [1.29, 1.82) is 0 Å². The molecule has 0 amide bonds. The van der Waals surface area contributed by atoms with Gasteiger partial charge in [0, 0.05) is 37.4 Å². The number of rotatable bonds is 7. The number of halogens is 1. The quantitative estimate of drug-likeness (QED) is 0.319. The van der Waals surface area contributed by atoms with E-state index in [4.69, 9.17) is 9.40 Å². The Hall–Kier alpha value is -1.13. The Morgan fingerprint density at radius 2 is 2.07 bits per heavy atom. The highest BCUT2D eigenvalue weighted by Gasteiger charge is 2.25. The molecule has 0 radical (unpaired) electrons. The lowest BCUT2D eigenvalue weighted by Crippen LogP contribution is -2.43. The molecule has 0 spiro atoms. The standard InChI is InChI=1S/C21H33N5OS.HI/c1-21(2,3)18-15-28-19(25-18)9-10-23-20(22-4)24-14-16(17-8-7-13-27-17)26-11-5-6-12-26;/h7-8,13,15-16H,5-6,9-12,14H2,1-4H3,(H2,22,23,24);1H. The number of likely N-dealkylation sites (tertiary alicyclic amines) is 1. The van der Waals surface area contributed by atoms with Crippen LogP contribution in [0.5, 0.6) is 0 Å². The lowest BCUT2D eigenvalue weighted by Gasteiger charge is -2.26. The molecule has 1 aliphatic rings. The van der Waals surface area contributed by atoms with Gasteiger partial charge in [0.25, 0.3) is 0 Å². The van der Waals surface area contributed by atoms with E-state index in [1.165, 1.54) is 23.5 Å². The summed E-state index contributed by atoms with van der Waals surface area (Å²) in [4.78, 5) is 11.6. The Morgan fingerprint density at radius 3 is 2.66 bits per heavy atom. The Kier molecular flexibility index (Phi) is 9.42. The van der Waals surface area contributed by atoms with Crippen molar-refractivity contribution in [1.82, 2.24) is 20.5 Å². The Bertz CT molecular complexity index is 747. The van der Waals surface area contributed by atoms with Gasteiger partial charge in [-0.2, -0.15) is 0 Å². The molecule has 1 saturated heterocycles. The predicted molar refractivity (Wildman–Crippen MR) is 132 cm³/mol. The summed E-state index contributed by atoms with van der Waals surface area (Å²) in [7, 11) is 1.81. The van der Waals surface area contributed by atoms with Crippen LogP contribution in [0.25, 0.3) is 0 Å². The molecule has 1 unspecified atom stereocenters. The molecule has 0 saturated carbocycles. The number of guanidine groups is 1. The maximum Gasteiger partial charge on any atom is 0.191 e. The van der Waals surface area contributed by atoms with E-state index in [1.54, 1.807) is 17.6 Å². The molecular formula is C21H34IN5OS. The van der Waals surface area contributed by atoms with E-state index < -0.39 is 0 Å². The van der Waals surface area contributed by atoms with E-state index in [-0.39, 0.29) is 35.4 Å². The number of hydrogen-bond donors (Lipinski definition) is 2. The monoisotopic (exact) mass is 531 g/mol. The van der Waals surface area contributed by atoms with Crippen molar-refractivity contribution in [3.05, 3.63) is 40.2 Å². The second-order valence-corrected chi connectivity index (χ2v) is 9.22. The summed E-state index contributed by atoms with van der Waals surface area (Å²) >= 11 is 1.74. The molecule has 2 aromatic rings. The average Bonchev–Trinajstić information content (AvgIpc) is 3.41. The van der Waals surface area contributed by atoms with Crippen LogP contribution < -0.4 is 10.6 Å². The summed E-state index contributed by atoms with van der Waals surface area (Å²) in [5, 5.41) is 10.2. The van der Waals surface area contributed by atoms with E-state index in [0.717, 1.165) is 44.3 Å². The predicted octanol–water partition coefficient (Wildman–Crippen LogP) is 4.20. The van der Waals surface area contributed by atoms with Crippen LogP contribution in [0.4, 0.5) is 0 Å². The molecule has 0 bridgehead atoms. The summed E-state index contributed by atoms with van der Waals surface area (Å²) < 4.78 is 5.69.